The zero-order valence-electron chi connectivity index (χ0n) is 15.5. The fourth-order valence-electron chi connectivity index (χ4n) is 3.01. The highest BCUT2D eigenvalue weighted by Gasteiger charge is 2.36. The van der Waals surface area contributed by atoms with Gasteiger partial charge in [0.15, 0.2) is 0 Å². The van der Waals surface area contributed by atoms with Crippen LogP contribution in [0.1, 0.15) is 78.7 Å². The summed E-state index contributed by atoms with van der Waals surface area (Å²) < 4.78 is 6.07. The summed E-state index contributed by atoms with van der Waals surface area (Å²) in [6.07, 6.45) is 8.98. The fourth-order valence-corrected chi connectivity index (χ4v) is 3.01. The van der Waals surface area contributed by atoms with E-state index in [0.717, 1.165) is 13.0 Å². The number of benzene rings is 1. The molecule has 0 unspecified atom stereocenters. The quantitative estimate of drug-likeness (QED) is 0.565. The molecule has 1 aromatic rings. The smallest absolute Gasteiger partial charge is 0.0626 e. The van der Waals surface area contributed by atoms with Crippen LogP contribution in [0.25, 0.3) is 0 Å². The lowest BCUT2D eigenvalue weighted by atomic mass is 9.67. The first kappa shape index (κ1) is 19.2. The first-order chi connectivity index (χ1) is 10.5. The van der Waals surface area contributed by atoms with Gasteiger partial charge in [0.2, 0.25) is 0 Å². The minimum atomic E-state index is 0.0898. The number of ether oxygens (including phenoxy) is 1. The zero-order valence-corrected chi connectivity index (χ0v) is 15.5. The molecule has 0 heterocycles. The fraction of sp³-hybridized carbons (Fsp3) is 0.714. The molecule has 1 heteroatoms. The van der Waals surface area contributed by atoms with Crippen molar-refractivity contribution in [3.63, 3.8) is 0 Å². The number of rotatable bonds is 7. The summed E-state index contributed by atoms with van der Waals surface area (Å²) in [5.74, 6) is 0. The van der Waals surface area contributed by atoms with Crippen LogP contribution in [0.15, 0.2) is 30.3 Å². The van der Waals surface area contributed by atoms with Crippen molar-refractivity contribution in [1.82, 2.24) is 0 Å². The first-order valence-electron chi connectivity index (χ1n) is 9.15. The van der Waals surface area contributed by atoms with E-state index in [1.54, 1.807) is 0 Å². The minimum absolute atomic E-state index is 0.0898. The summed E-state index contributed by atoms with van der Waals surface area (Å²) >= 11 is 0. The van der Waals surface area contributed by atoms with Crippen LogP contribution < -0.4 is 0 Å². The molecule has 0 atom stereocenters. The molecular formula is C21H36O. The van der Waals surface area contributed by atoms with Gasteiger partial charge in [-0.05, 0) is 56.9 Å². The molecule has 0 aromatic heterocycles. The standard InChI is InChI=1S/C13H26O.C8H10/c1-5-8-12(3,4)14-11-13(6-2)9-7-10-13;1-2-8-6-4-3-5-7-8/h5-11H2,1-4H3;3-7H,2H2,1H3. The summed E-state index contributed by atoms with van der Waals surface area (Å²) in [4.78, 5) is 0. The Bertz CT molecular complexity index is 384. The molecule has 0 amide bonds. The SMILES string of the molecule is CCCC(C)(C)OCC1(CC)CCC1.CCc1ccccc1. The maximum atomic E-state index is 6.07. The van der Waals surface area contributed by atoms with Gasteiger partial charge in [0.05, 0.1) is 12.2 Å². The highest BCUT2D eigenvalue weighted by atomic mass is 16.5. The topological polar surface area (TPSA) is 9.23 Å². The highest BCUT2D eigenvalue weighted by molar-refractivity contribution is 5.13. The number of hydrogen-bond acceptors (Lipinski definition) is 1. The molecule has 1 fully saturated rings. The van der Waals surface area contributed by atoms with E-state index in [4.69, 9.17) is 4.74 Å². The summed E-state index contributed by atoms with van der Waals surface area (Å²) in [5.41, 5.74) is 2.05. The van der Waals surface area contributed by atoms with Gasteiger partial charge < -0.3 is 4.74 Å². The number of aryl methyl sites for hydroxylation is 1. The van der Waals surface area contributed by atoms with Crippen molar-refractivity contribution < 1.29 is 4.74 Å². The third-order valence-electron chi connectivity index (χ3n) is 5.04. The van der Waals surface area contributed by atoms with Gasteiger partial charge in [0.25, 0.3) is 0 Å². The predicted molar refractivity (Wildman–Crippen MR) is 97.3 cm³/mol. The maximum Gasteiger partial charge on any atom is 0.0626 e. The summed E-state index contributed by atoms with van der Waals surface area (Å²) in [7, 11) is 0. The summed E-state index contributed by atoms with van der Waals surface area (Å²) in [6, 6.07) is 10.5. The van der Waals surface area contributed by atoms with Gasteiger partial charge in [-0.15, -0.1) is 0 Å². The molecular weight excluding hydrogens is 268 g/mol. The van der Waals surface area contributed by atoms with Crippen LogP contribution in [-0.4, -0.2) is 12.2 Å². The lowest BCUT2D eigenvalue weighted by molar-refractivity contribution is -0.0920. The molecule has 0 saturated heterocycles. The summed E-state index contributed by atoms with van der Waals surface area (Å²) in [6.45, 7) is 12.1. The van der Waals surface area contributed by atoms with Crippen molar-refractivity contribution in [3.05, 3.63) is 35.9 Å². The van der Waals surface area contributed by atoms with Gasteiger partial charge in [-0.3, -0.25) is 0 Å². The zero-order chi connectivity index (χ0) is 16.5. The average Bonchev–Trinajstić information content (AvgIpc) is 2.48. The van der Waals surface area contributed by atoms with E-state index in [2.05, 4.69) is 58.9 Å². The minimum Gasteiger partial charge on any atom is -0.375 e. The maximum absolute atomic E-state index is 6.07. The monoisotopic (exact) mass is 304 g/mol. The van der Waals surface area contributed by atoms with Crippen LogP contribution >= 0.6 is 0 Å². The van der Waals surface area contributed by atoms with E-state index >= 15 is 0 Å². The highest BCUT2D eigenvalue weighted by Crippen LogP contribution is 2.44. The second-order valence-electron chi connectivity index (χ2n) is 7.34. The van der Waals surface area contributed by atoms with Crippen molar-refractivity contribution in [2.24, 2.45) is 5.41 Å². The average molecular weight is 305 g/mol. The molecule has 1 aliphatic rings. The van der Waals surface area contributed by atoms with E-state index in [1.165, 1.54) is 44.1 Å². The van der Waals surface area contributed by atoms with E-state index in [-0.39, 0.29) is 5.60 Å². The molecule has 1 aliphatic carbocycles. The summed E-state index contributed by atoms with van der Waals surface area (Å²) in [5, 5.41) is 0. The van der Waals surface area contributed by atoms with E-state index < -0.39 is 0 Å². The van der Waals surface area contributed by atoms with Gasteiger partial charge in [0, 0.05) is 0 Å². The van der Waals surface area contributed by atoms with Gasteiger partial charge in [0.1, 0.15) is 0 Å². The largest absolute Gasteiger partial charge is 0.375 e. The molecule has 1 aromatic carbocycles. The normalized spacial score (nSPS) is 16.4. The first-order valence-corrected chi connectivity index (χ1v) is 9.15. The lowest BCUT2D eigenvalue weighted by Gasteiger charge is -2.43. The molecule has 0 N–H and O–H groups in total. The molecule has 0 aliphatic heterocycles. The van der Waals surface area contributed by atoms with Crippen LogP contribution in [0.4, 0.5) is 0 Å². The Morgan fingerprint density at radius 1 is 1.05 bits per heavy atom. The van der Waals surface area contributed by atoms with Crippen LogP contribution in [0.2, 0.25) is 0 Å². The lowest BCUT2D eigenvalue weighted by Crippen LogP contribution is -2.38. The predicted octanol–water partition coefficient (Wildman–Crippen LogP) is 6.41. The van der Waals surface area contributed by atoms with Crippen molar-refractivity contribution in [2.75, 3.05) is 6.61 Å². The Balaban J connectivity index is 0.000000255. The Kier molecular flexibility index (Phi) is 8.17. The van der Waals surface area contributed by atoms with Crippen molar-refractivity contribution >= 4 is 0 Å². The van der Waals surface area contributed by atoms with Crippen molar-refractivity contribution in [2.45, 2.75) is 85.2 Å². The Labute approximate surface area is 138 Å². The third kappa shape index (κ3) is 6.52. The van der Waals surface area contributed by atoms with Gasteiger partial charge in [-0.1, -0.05) is 63.9 Å². The third-order valence-corrected chi connectivity index (χ3v) is 5.04. The van der Waals surface area contributed by atoms with Crippen LogP contribution in [0.3, 0.4) is 0 Å². The van der Waals surface area contributed by atoms with Crippen LogP contribution in [-0.2, 0) is 11.2 Å². The molecule has 126 valence electrons. The van der Waals surface area contributed by atoms with Gasteiger partial charge in [-0.2, -0.15) is 0 Å². The van der Waals surface area contributed by atoms with E-state index in [1.807, 2.05) is 6.07 Å². The molecule has 0 bridgehead atoms. The Morgan fingerprint density at radius 2 is 1.68 bits per heavy atom. The van der Waals surface area contributed by atoms with Gasteiger partial charge in [-0.25, -0.2) is 0 Å². The second-order valence-corrected chi connectivity index (χ2v) is 7.34. The molecule has 1 nitrogen and oxygen atoms in total. The second kappa shape index (κ2) is 9.35. The molecule has 2 rings (SSSR count). The van der Waals surface area contributed by atoms with Crippen molar-refractivity contribution in [3.8, 4) is 0 Å². The number of hydrogen-bond donors (Lipinski definition) is 0. The molecule has 0 radical (unpaired) electrons. The van der Waals surface area contributed by atoms with Crippen molar-refractivity contribution in [1.29, 1.82) is 0 Å². The van der Waals surface area contributed by atoms with Gasteiger partial charge >= 0.3 is 0 Å². The molecule has 22 heavy (non-hydrogen) atoms. The van der Waals surface area contributed by atoms with E-state index in [9.17, 15) is 0 Å². The molecule has 0 spiro atoms. The Morgan fingerprint density at radius 3 is 2.05 bits per heavy atom. The van der Waals surface area contributed by atoms with Crippen LogP contribution in [0.5, 0.6) is 0 Å². The van der Waals surface area contributed by atoms with E-state index in [0.29, 0.717) is 5.41 Å². The Hall–Kier alpha value is -0.820. The molecule has 1 saturated carbocycles. The van der Waals surface area contributed by atoms with Crippen LogP contribution in [0, 0.1) is 5.41 Å².